The van der Waals surface area contributed by atoms with Crippen molar-refractivity contribution in [2.45, 2.75) is 31.9 Å². The van der Waals surface area contributed by atoms with Gasteiger partial charge in [-0.1, -0.05) is 18.2 Å². The summed E-state index contributed by atoms with van der Waals surface area (Å²) in [6, 6.07) is 7.82. The number of nitrogens with one attached hydrogen (secondary N) is 2. The smallest absolute Gasteiger partial charge is 0.241 e. The number of ether oxygens (including phenoxy) is 1. The second-order valence-corrected chi connectivity index (χ2v) is 4.69. The molecule has 1 aliphatic heterocycles. The highest BCUT2D eigenvalue weighted by Crippen LogP contribution is 2.21. The summed E-state index contributed by atoms with van der Waals surface area (Å²) in [4.78, 5) is 12.1. The van der Waals surface area contributed by atoms with Gasteiger partial charge in [-0.05, 0) is 31.4 Å². The number of methoxy groups -OCH3 is 1. The first-order valence-electron chi connectivity index (χ1n) is 6.35. The van der Waals surface area contributed by atoms with E-state index < -0.39 is 0 Å². The number of benzene rings is 1. The molecule has 0 radical (unpaired) electrons. The Balaban J connectivity index is 1.99. The summed E-state index contributed by atoms with van der Waals surface area (Å²) in [5, 5.41) is 6.23. The van der Waals surface area contributed by atoms with E-state index >= 15 is 0 Å². The number of carbonyl (C=O) groups excluding carboxylic acids is 1. The van der Waals surface area contributed by atoms with E-state index in [-0.39, 0.29) is 18.1 Å². The van der Waals surface area contributed by atoms with Gasteiger partial charge in [-0.3, -0.25) is 4.79 Å². The highest BCUT2D eigenvalue weighted by atomic mass is 16.5. The van der Waals surface area contributed by atoms with Gasteiger partial charge in [0, 0.05) is 19.3 Å². The molecule has 2 N–H and O–H groups in total. The Morgan fingerprint density at radius 1 is 1.50 bits per heavy atom. The maximum Gasteiger partial charge on any atom is 0.241 e. The molecule has 1 aliphatic rings. The Labute approximate surface area is 108 Å². The average Bonchev–Trinajstić information content (AvgIpc) is 2.54. The van der Waals surface area contributed by atoms with Gasteiger partial charge in [-0.25, -0.2) is 0 Å². The predicted molar refractivity (Wildman–Crippen MR) is 71.7 cm³/mol. The number of hydrogen-bond donors (Lipinski definition) is 2. The largest absolute Gasteiger partial charge is 0.380 e. The zero-order valence-electron chi connectivity index (χ0n) is 10.9. The van der Waals surface area contributed by atoms with Crippen molar-refractivity contribution in [2.75, 3.05) is 19.0 Å². The fourth-order valence-corrected chi connectivity index (χ4v) is 2.10. The molecule has 4 heteroatoms. The summed E-state index contributed by atoms with van der Waals surface area (Å²) in [5.41, 5.74) is 2.14. The van der Waals surface area contributed by atoms with Crippen LogP contribution in [0.2, 0.25) is 0 Å². The number of carbonyl (C=O) groups is 1. The molecule has 2 unspecified atom stereocenters. The third-order valence-corrected chi connectivity index (χ3v) is 3.35. The molecule has 2 atom stereocenters. The van der Waals surface area contributed by atoms with Crippen molar-refractivity contribution in [3.05, 3.63) is 29.8 Å². The minimum atomic E-state index is -0.144. The monoisotopic (exact) mass is 248 g/mol. The molecule has 0 saturated carbocycles. The fraction of sp³-hybridized carbons (Fsp3) is 0.500. The van der Waals surface area contributed by atoms with Crippen LogP contribution in [-0.2, 0) is 16.0 Å². The first-order valence-corrected chi connectivity index (χ1v) is 6.35. The molecule has 0 aliphatic carbocycles. The molecule has 0 spiro atoms. The van der Waals surface area contributed by atoms with Crippen molar-refractivity contribution in [1.29, 1.82) is 0 Å². The summed E-state index contributed by atoms with van der Waals surface area (Å²) >= 11 is 0. The van der Waals surface area contributed by atoms with Crippen LogP contribution >= 0.6 is 0 Å². The van der Waals surface area contributed by atoms with Crippen LogP contribution in [-0.4, -0.2) is 31.7 Å². The number of rotatable bonds is 4. The third kappa shape index (κ3) is 3.09. The van der Waals surface area contributed by atoms with E-state index in [2.05, 4.69) is 16.7 Å². The lowest BCUT2D eigenvalue weighted by Crippen LogP contribution is -2.43. The van der Waals surface area contributed by atoms with E-state index in [1.54, 1.807) is 7.11 Å². The van der Waals surface area contributed by atoms with Gasteiger partial charge in [0.2, 0.25) is 5.91 Å². The highest BCUT2D eigenvalue weighted by molar-refractivity contribution is 5.96. The molecule has 98 valence electrons. The lowest BCUT2D eigenvalue weighted by atomic mass is 10.1. The van der Waals surface area contributed by atoms with Crippen molar-refractivity contribution in [3.8, 4) is 0 Å². The van der Waals surface area contributed by atoms with Crippen LogP contribution in [0.15, 0.2) is 24.3 Å². The first kappa shape index (κ1) is 13.1. The predicted octanol–water partition coefficient (Wildman–Crippen LogP) is 1.56. The molecule has 0 fully saturated rings. The molecular formula is C14H20N2O2. The fourth-order valence-electron chi connectivity index (χ4n) is 2.10. The van der Waals surface area contributed by atoms with E-state index in [9.17, 15) is 4.79 Å². The number of anilines is 1. The zero-order valence-corrected chi connectivity index (χ0v) is 10.9. The van der Waals surface area contributed by atoms with Gasteiger partial charge >= 0.3 is 0 Å². The molecule has 4 nitrogen and oxygen atoms in total. The number of fused-ring (bicyclic) bond motifs is 1. The van der Waals surface area contributed by atoms with Gasteiger partial charge in [0.1, 0.15) is 0 Å². The Bertz CT molecular complexity index is 420. The van der Waals surface area contributed by atoms with Crippen molar-refractivity contribution in [3.63, 3.8) is 0 Å². The lowest BCUT2D eigenvalue weighted by Gasteiger charge is -2.17. The lowest BCUT2D eigenvalue weighted by molar-refractivity contribution is -0.118. The zero-order chi connectivity index (χ0) is 13.0. The highest BCUT2D eigenvalue weighted by Gasteiger charge is 2.23. The average molecular weight is 248 g/mol. The molecule has 1 heterocycles. The van der Waals surface area contributed by atoms with Crippen LogP contribution in [0.1, 0.15) is 18.9 Å². The summed E-state index contributed by atoms with van der Waals surface area (Å²) in [6.07, 6.45) is 1.84. The first-order chi connectivity index (χ1) is 8.70. The molecule has 1 aromatic carbocycles. The van der Waals surface area contributed by atoms with Gasteiger partial charge in [-0.2, -0.15) is 0 Å². The van der Waals surface area contributed by atoms with Gasteiger partial charge in [0.25, 0.3) is 0 Å². The van der Waals surface area contributed by atoms with E-state index in [4.69, 9.17) is 4.74 Å². The quantitative estimate of drug-likeness (QED) is 0.850. The molecule has 0 aromatic heterocycles. The minimum Gasteiger partial charge on any atom is -0.380 e. The van der Waals surface area contributed by atoms with Crippen LogP contribution in [0.5, 0.6) is 0 Å². The van der Waals surface area contributed by atoms with Gasteiger partial charge in [0.05, 0.1) is 12.1 Å². The van der Waals surface area contributed by atoms with Gasteiger partial charge < -0.3 is 15.4 Å². The Kier molecular flexibility index (Phi) is 4.33. The SMILES string of the molecule is COC(C)CNC1CCc2ccccc2NC1=O. The maximum atomic E-state index is 12.1. The summed E-state index contributed by atoms with van der Waals surface area (Å²) in [7, 11) is 1.68. The van der Waals surface area contributed by atoms with Crippen molar-refractivity contribution in [2.24, 2.45) is 0 Å². The summed E-state index contributed by atoms with van der Waals surface area (Å²) in [5.74, 6) is 0.0447. The molecule has 2 rings (SSSR count). The number of hydrogen-bond acceptors (Lipinski definition) is 3. The molecule has 18 heavy (non-hydrogen) atoms. The van der Waals surface area contributed by atoms with E-state index in [1.165, 1.54) is 5.56 Å². The number of aryl methyl sites for hydroxylation is 1. The van der Waals surface area contributed by atoms with E-state index in [0.29, 0.717) is 6.54 Å². The molecule has 0 bridgehead atoms. The van der Waals surface area contributed by atoms with Crippen LogP contribution in [0.4, 0.5) is 5.69 Å². The Morgan fingerprint density at radius 3 is 3.06 bits per heavy atom. The van der Waals surface area contributed by atoms with Crippen molar-refractivity contribution in [1.82, 2.24) is 5.32 Å². The minimum absolute atomic E-state index is 0.0447. The molecule has 1 aromatic rings. The molecule has 0 saturated heterocycles. The van der Waals surface area contributed by atoms with Crippen LogP contribution in [0.25, 0.3) is 0 Å². The van der Waals surface area contributed by atoms with E-state index in [1.807, 2.05) is 25.1 Å². The van der Waals surface area contributed by atoms with Crippen molar-refractivity contribution < 1.29 is 9.53 Å². The van der Waals surface area contributed by atoms with Crippen molar-refractivity contribution >= 4 is 11.6 Å². The maximum absolute atomic E-state index is 12.1. The Morgan fingerprint density at radius 2 is 2.28 bits per heavy atom. The van der Waals surface area contributed by atoms with Crippen LogP contribution in [0.3, 0.4) is 0 Å². The summed E-state index contributed by atoms with van der Waals surface area (Å²) < 4.78 is 5.18. The topological polar surface area (TPSA) is 50.4 Å². The number of para-hydroxylation sites is 1. The van der Waals surface area contributed by atoms with E-state index in [0.717, 1.165) is 18.5 Å². The van der Waals surface area contributed by atoms with Crippen LogP contribution < -0.4 is 10.6 Å². The second-order valence-electron chi connectivity index (χ2n) is 4.69. The summed E-state index contributed by atoms with van der Waals surface area (Å²) in [6.45, 7) is 2.67. The standard InChI is InChI=1S/C14H20N2O2/c1-10(18-2)9-15-13-8-7-11-5-3-4-6-12(11)16-14(13)17/h3-6,10,13,15H,7-9H2,1-2H3,(H,16,17). The van der Waals surface area contributed by atoms with Crippen LogP contribution in [0, 0.1) is 0 Å². The molecular weight excluding hydrogens is 228 g/mol. The molecule has 1 amide bonds. The normalized spacial score (nSPS) is 20.8. The third-order valence-electron chi connectivity index (χ3n) is 3.35. The second kappa shape index (κ2) is 5.98. The van der Waals surface area contributed by atoms with Gasteiger partial charge in [0.15, 0.2) is 0 Å². The Hall–Kier alpha value is -1.39. The van der Waals surface area contributed by atoms with Gasteiger partial charge in [-0.15, -0.1) is 0 Å². The number of amides is 1.